The summed E-state index contributed by atoms with van der Waals surface area (Å²) in [6.45, 7) is 6.26. The Morgan fingerprint density at radius 3 is 2.58 bits per heavy atom. The van der Waals surface area contributed by atoms with E-state index in [2.05, 4.69) is 22.0 Å². The minimum atomic E-state index is -0.185. The zero-order valence-electron chi connectivity index (χ0n) is 14.5. The summed E-state index contributed by atoms with van der Waals surface area (Å²) >= 11 is 0. The van der Waals surface area contributed by atoms with Crippen LogP contribution in [-0.2, 0) is 11.3 Å². The topological polar surface area (TPSA) is 35.6 Å². The summed E-state index contributed by atoms with van der Waals surface area (Å²) in [4.78, 5) is 17.0. The Bertz CT molecular complexity index is 553. The lowest BCUT2D eigenvalue weighted by Gasteiger charge is -2.32. The number of benzene rings is 1. The SMILES string of the molecule is CCN1CCC(NC(=O)CN(Cc2ccccc2F)C2CC2)CC1. The summed E-state index contributed by atoms with van der Waals surface area (Å²) in [5.41, 5.74) is 0.674. The molecule has 2 fully saturated rings. The second-order valence-corrected chi connectivity index (χ2v) is 7.00. The van der Waals surface area contributed by atoms with Crippen LogP contribution in [0.3, 0.4) is 0 Å². The zero-order valence-corrected chi connectivity index (χ0v) is 14.5. The van der Waals surface area contributed by atoms with Gasteiger partial charge in [0.05, 0.1) is 6.54 Å². The average Bonchev–Trinajstić information content (AvgIpc) is 3.42. The molecule has 1 saturated carbocycles. The molecule has 0 bridgehead atoms. The molecule has 4 nitrogen and oxygen atoms in total. The molecule has 1 aliphatic carbocycles. The minimum Gasteiger partial charge on any atom is -0.352 e. The molecule has 3 rings (SSSR count). The highest BCUT2D eigenvalue weighted by Gasteiger charge is 2.31. The fourth-order valence-electron chi connectivity index (χ4n) is 3.45. The predicted octanol–water partition coefficient (Wildman–Crippen LogP) is 2.39. The van der Waals surface area contributed by atoms with Gasteiger partial charge in [-0.15, -0.1) is 0 Å². The van der Waals surface area contributed by atoms with Gasteiger partial charge in [-0.3, -0.25) is 9.69 Å². The van der Waals surface area contributed by atoms with Crippen molar-refractivity contribution in [1.29, 1.82) is 0 Å². The second-order valence-electron chi connectivity index (χ2n) is 7.00. The molecule has 1 saturated heterocycles. The molecule has 2 aliphatic rings. The number of carbonyl (C=O) groups excluding carboxylic acids is 1. The van der Waals surface area contributed by atoms with E-state index in [9.17, 15) is 9.18 Å². The number of nitrogens with one attached hydrogen (secondary N) is 1. The van der Waals surface area contributed by atoms with Crippen LogP contribution in [0.4, 0.5) is 4.39 Å². The van der Waals surface area contributed by atoms with Gasteiger partial charge in [0, 0.05) is 37.3 Å². The van der Waals surface area contributed by atoms with Crippen LogP contribution in [-0.4, -0.2) is 54.0 Å². The normalized spacial score (nSPS) is 19.6. The van der Waals surface area contributed by atoms with Crippen LogP contribution in [0.25, 0.3) is 0 Å². The summed E-state index contributed by atoms with van der Waals surface area (Å²) in [6, 6.07) is 7.57. The lowest BCUT2D eigenvalue weighted by atomic mass is 10.1. The first-order valence-corrected chi connectivity index (χ1v) is 9.15. The van der Waals surface area contributed by atoms with Crippen LogP contribution in [0.2, 0.25) is 0 Å². The molecule has 1 heterocycles. The highest BCUT2D eigenvalue weighted by atomic mass is 19.1. The van der Waals surface area contributed by atoms with Gasteiger partial charge in [-0.1, -0.05) is 25.1 Å². The Morgan fingerprint density at radius 1 is 1.25 bits per heavy atom. The van der Waals surface area contributed by atoms with E-state index in [1.54, 1.807) is 6.07 Å². The molecule has 1 aliphatic heterocycles. The molecule has 132 valence electrons. The van der Waals surface area contributed by atoms with Crippen molar-refractivity contribution in [2.75, 3.05) is 26.2 Å². The van der Waals surface area contributed by atoms with Gasteiger partial charge in [0.1, 0.15) is 5.82 Å². The lowest BCUT2D eigenvalue weighted by Crippen LogP contribution is -2.47. The molecule has 24 heavy (non-hydrogen) atoms. The third kappa shape index (κ3) is 4.77. The Morgan fingerprint density at radius 2 is 1.96 bits per heavy atom. The first-order chi connectivity index (χ1) is 11.7. The van der Waals surface area contributed by atoms with Gasteiger partial charge in [0.25, 0.3) is 0 Å². The number of amides is 1. The molecule has 5 heteroatoms. The van der Waals surface area contributed by atoms with Crippen LogP contribution in [0.1, 0.15) is 38.2 Å². The van der Waals surface area contributed by atoms with Gasteiger partial charge in [-0.2, -0.15) is 0 Å². The highest BCUT2D eigenvalue weighted by Crippen LogP contribution is 2.28. The minimum absolute atomic E-state index is 0.0770. The predicted molar refractivity (Wildman–Crippen MR) is 93.1 cm³/mol. The van der Waals surface area contributed by atoms with Crippen LogP contribution < -0.4 is 5.32 Å². The largest absolute Gasteiger partial charge is 0.352 e. The van der Waals surface area contributed by atoms with E-state index < -0.39 is 0 Å². The van der Waals surface area contributed by atoms with E-state index in [0.29, 0.717) is 24.7 Å². The molecule has 1 N–H and O–H groups in total. The van der Waals surface area contributed by atoms with E-state index in [1.807, 2.05) is 12.1 Å². The van der Waals surface area contributed by atoms with Crippen molar-refractivity contribution in [2.24, 2.45) is 0 Å². The molecular weight excluding hydrogens is 305 g/mol. The van der Waals surface area contributed by atoms with Gasteiger partial charge in [-0.25, -0.2) is 4.39 Å². The molecule has 0 aromatic heterocycles. The summed E-state index contributed by atoms with van der Waals surface area (Å²) in [5, 5.41) is 3.18. The van der Waals surface area contributed by atoms with E-state index >= 15 is 0 Å². The summed E-state index contributed by atoms with van der Waals surface area (Å²) in [5.74, 6) is -0.108. The van der Waals surface area contributed by atoms with E-state index in [1.165, 1.54) is 6.07 Å². The van der Waals surface area contributed by atoms with Gasteiger partial charge in [0.2, 0.25) is 5.91 Å². The fourth-order valence-corrected chi connectivity index (χ4v) is 3.45. The molecular formula is C19H28FN3O. The number of hydrogen-bond donors (Lipinski definition) is 1. The van der Waals surface area contributed by atoms with E-state index in [4.69, 9.17) is 0 Å². The standard InChI is InChI=1S/C19H28FN3O/c1-2-22-11-9-16(10-12-22)21-19(24)14-23(17-7-8-17)13-15-5-3-4-6-18(15)20/h3-6,16-17H,2,7-14H2,1H3,(H,21,24). The summed E-state index contributed by atoms with van der Waals surface area (Å²) in [6.07, 6.45) is 4.26. The number of hydrogen-bond acceptors (Lipinski definition) is 3. The smallest absolute Gasteiger partial charge is 0.234 e. The van der Waals surface area contributed by atoms with Crippen molar-refractivity contribution < 1.29 is 9.18 Å². The maximum atomic E-state index is 13.9. The van der Waals surface area contributed by atoms with Gasteiger partial charge < -0.3 is 10.2 Å². The summed E-state index contributed by atoms with van der Waals surface area (Å²) in [7, 11) is 0. The Hall–Kier alpha value is -1.46. The van der Waals surface area contributed by atoms with Crippen molar-refractivity contribution in [1.82, 2.24) is 15.1 Å². The number of carbonyl (C=O) groups is 1. The van der Waals surface area contributed by atoms with Crippen LogP contribution in [0.15, 0.2) is 24.3 Å². The van der Waals surface area contributed by atoms with E-state index in [0.717, 1.165) is 45.3 Å². The molecule has 1 aromatic rings. The lowest BCUT2D eigenvalue weighted by molar-refractivity contribution is -0.123. The first kappa shape index (κ1) is 17.4. The Labute approximate surface area is 144 Å². The first-order valence-electron chi connectivity index (χ1n) is 9.15. The third-order valence-corrected chi connectivity index (χ3v) is 5.14. The van der Waals surface area contributed by atoms with Crippen LogP contribution >= 0.6 is 0 Å². The molecule has 0 radical (unpaired) electrons. The van der Waals surface area contributed by atoms with E-state index in [-0.39, 0.29) is 17.8 Å². The van der Waals surface area contributed by atoms with Gasteiger partial charge in [0.15, 0.2) is 0 Å². The molecule has 0 unspecified atom stereocenters. The molecule has 0 spiro atoms. The quantitative estimate of drug-likeness (QED) is 0.832. The Kier molecular flexibility index (Phi) is 5.85. The molecule has 1 amide bonds. The molecule has 1 aromatic carbocycles. The molecule has 0 atom stereocenters. The maximum absolute atomic E-state index is 13.9. The van der Waals surface area contributed by atoms with Crippen molar-refractivity contribution in [3.8, 4) is 0 Å². The van der Waals surface area contributed by atoms with Crippen LogP contribution in [0, 0.1) is 5.82 Å². The highest BCUT2D eigenvalue weighted by molar-refractivity contribution is 5.78. The van der Waals surface area contributed by atoms with Crippen LogP contribution in [0.5, 0.6) is 0 Å². The van der Waals surface area contributed by atoms with Crippen molar-refractivity contribution >= 4 is 5.91 Å². The third-order valence-electron chi connectivity index (χ3n) is 5.14. The second kappa shape index (κ2) is 8.08. The zero-order chi connectivity index (χ0) is 16.9. The van der Waals surface area contributed by atoms with Crippen molar-refractivity contribution in [2.45, 2.75) is 51.2 Å². The number of likely N-dealkylation sites (tertiary alicyclic amines) is 1. The Balaban J connectivity index is 1.50. The fraction of sp³-hybridized carbons (Fsp3) is 0.632. The number of nitrogens with zero attached hydrogens (tertiary/aromatic N) is 2. The summed E-state index contributed by atoms with van der Waals surface area (Å²) < 4.78 is 13.9. The maximum Gasteiger partial charge on any atom is 0.234 e. The number of halogens is 1. The number of piperidine rings is 1. The van der Waals surface area contributed by atoms with Gasteiger partial charge >= 0.3 is 0 Å². The van der Waals surface area contributed by atoms with Gasteiger partial charge in [-0.05, 0) is 38.3 Å². The van der Waals surface area contributed by atoms with Crippen molar-refractivity contribution in [3.63, 3.8) is 0 Å². The monoisotopic (exact) mass is 333 g/mol. The number of rotatable bonds is 7. The van der Waals surface area contributed by atoms with Crippen molar-refractivity contribution in [3.05, 3.63) is 35.6 Å². The average molecular weight is 333 g/mol.